The Morgan fingerprint density at radius 1 is 1.48 bits per heavy atom. The summed E-state index contributed by atoms with van der Waals surface area (Å²) in [4.78, 5) is 22.2. The number of halogens is 1. The molecule has 0 fully saturated rings. The molecular weight excluding hydrogens is 297 g/mol. The maximum atomic E-state index is 14.1. The fourth-order valence-electron chi connectivity index (χ4n) is 2.05. The highest BCUT2D eigenvalue weighted by Crippen LogP contribution is 2.32. The molecule has 21 heavy (non-hydrogen) atoms. The van der Waals surface area contributed by atoms with Gasteiger partial charge in [-0.1, -0.05) is 17.4 Å². The molecule has 0 atom stereocenters. The number of hydrogen-bond donors (Lipinski definition) is 1. The highest BCUT2D eigenvalue weighted by atomic mass is 32.1. The maximum Gasteiger partial charge on any atom is 0.307 e. The summed E-state index contributed by atoms with van der Waals surface area (Å²) in [5, 5.41) is 10.2. The zero-order valence-electron chi connectivity index (χ0n) is 11.3. The Hall–Kier alpha value is -2.15. The van der Waals surface area contributed by atoms with E-state index in [-0.39, 0.29) is 23.4 Å². The molecule has 0 amide bonds. The molecule has 0 spiro atoms. The van der Waals surface area contributed by atoms with Crippen molar-refractivity contribution in [2.24, 2.45) is 0 Å². The summed E-state index contributed by atoms with van der Waals surface area (Å²) in [6.07, 6.45) is 0.256. The zero-order chi connectivity index (χ0) is 15.4. The topological polar surface area (TPSA) is 68.5 Å². The van der Waals surface area contributed by atoms with Crippen molar-refractivity contribution in [3.63, 3.8) is 0 Å². The largest absolute Gasteiger partial charge is 0.496 e. The van der Waals surface area contributed by atoms with Gasteiger partial charge in [-0.05, 0) is 18.6 Å². The van der Waals surface area contributed by atoms with E-state index in [1.807, 2.05) is 0 Å². The number of thiazole rings is 1. The molecule has 1 N–H and O–H groups in total. The molecule has 0 aliphatic heterocycles. The summed E-state index contributed by atoms with van der Waals surface area (Å²) in [6.45, 7) is 0.224. The fourth-order valence-corrected chi connectivity index (χ4v) is 2.82. The van der Waals surface area contributed by atoms with Gasteiger partial charge in [-0.25, -0.2) is 4.39 Å². The number of methoxy groups -OCH3 is 1. The van der Waals surface area contributed by atoms with E-state index in [9.17, 15) is 14.0 Å². The number of nitrogens with zero attached hydrogens (tertiary/aromatic N) is 1. The van der Waals surface area contributed by atoms with Gasteiger partial charge < -0.3 is 9.84 Å². The molecule has 0 aliphatic rings. The van der Waals surface area contributed by atoms with E-state index in [0.717, 1.165) is 11.3 Å². The lowest BCUT2D eigenvalue weighted by atomic mass is 10.1. The van der Waals surface area contributed by atoms with Gasteiger partial charge >= 0.3 is 10.8 Å². The molecule has 0 saturated carbocycles. The number of benzene rings is 1. The summed E-state index contributed by atoms with van der Waals surface area (Å²) < 4.78 is 20.6. The first kappa shape index (κ1) is 15.2. The van der Waals surface area contributed by atoms with Crippen LogP contribution in [0.5, 0.6) is 5.75 Å². The van der Waals surface area contributed by atoms with E-state index in [0.29, 0.717) is 17.9 Å². The Bertz CT molecular complexity index is 707. The van der Waals surface area contributed by atoms with E-state index < -0.39 is 11.8 Å². The van der Waals surface area contributed by atoms with Crippen molar-refractivity contribution in [3.05, 3.63) is 39.1 Å². The van der Waals surface area contributed by atoms with Crippen LogP contribution in [0.15, 0.2) is 28.4 Å². The number of carbonyl (C=O) groups is 1. The monoisotopic (exact) mass is 311 g/mol. The Kier molecular flexibility index (Phi) is 4.74. The smallest absolute Gasteiger partial charge is 0.307 e. The SMILES string of the molecule is COc1cccc(F)c1-c1csc(=O)n1CCCC(=O)O. The second kappa shape index (κ2) is 6.53. The minimum Gasteiger partial charge on any atom is -0.496 e. The third-order valence-corrected chi connectivity index (χ3v) is 3.77. The summed E-state index contributed by atoms with van der Waals surface area (Å²) in [7, 11) is 1.43. The Balaban J connectivity index is 2.42. The van der Waals surface area contributed by atoms with Gasteiger partial charge in [0.25, 0.3) is 0 Å². The molecule has 1 aromatic heterocycles. The molecule has 1 aromatic carbocycles. The van der Waals surface area contributed by atoms with Crippen LogP contribution in [0.3, 0.4) is 0 Å². The third kappa shape index (κ3) is 3.30. The van der Waals surface area contributed by atoms with Crippen LogP contribution in [0.2, 0.25) is 0 Å². The van der Waals surface area contributed by atoms with Gasteiger partial charge in [-0.15, -0.1) is 0 Å². The van der Waals surface area contributed by atoms with Crippen LogP contribution in [0, 0.1) is 5.82 Å². The van der Waals surface area contributed by atoms with Crippen LogP contribution in [0.25, 0.3) is 11.3 Å². The highest BCUT2D eigenvalue weighted by Gasteiger charge is 2.17. The first-order chi connectivity index (χ1) is 10.0. The van der Waals surface area contributed by atoms with Gasteiger partial charge in [0.2, 0.25) is 0 Å². The zero-order valence-corrected chi connectivity index (χ0v) is 12.2. The standard InChI is InChI=1S/C14H14FNO4S/c1-20-11-5-2-4-9(15)13(11)10-8-21-14(19)16(10)7-3-6-12(17)18/h2,4-5,8H,3,6-7H2,1H3,(H,17,18). The molecule has 0 aliphatic carbocycles. The Morgan fingerprint density at radius 3 is 2.90 bits per heavy atom. The summed E-state index contributed by atoms with van der Waals surface area (Å²) in [6, 6.07) is 4.43. The second-order valence-corrected chi connectivity index (χ2v) is 5.17. The first-order valence-electron chi connectivity index (χ1n) is 6.27. The Labute approximate surface area is 124 Å². The van der Waals surface area contributed by atoms with Crippen molar-refractivity contribution < 1.29 is 19.0 Å². The molecule has 1 heterocycles. The average Bonchev–Trinajstić information content (AvgIpc) is 2.79. The Morgan fingerprint density at radius 2 is 2.24 bits per heavy atom. The van der Waals surface area contributed by atoms with Crippen LogP contribution in [0.1, 0.15) is 12.8 Å². The van der Waals surface area contributed by atoms with E-state index >= 15 is 0 Å². The van der Waals surface area contributed by atoms with E-state index in [1.54, 1.807) is 11.4 Å². The minimum absolute atomic E-state index is 0.0455. The number of carboxylic acids is 1. The van der Waals surface area contributed by atoms with Crippen LogP contribution in [-0.2, 0) is 11.3 Å². The van der Waals surface area contributed by atoms with E-state index in [1.165, 1.54) is 23.8 Å². The van der Waals surface area contributed by atoms with Gasteiger partial charge in [-0.3, -0.25) is 14.2 Å². The van der Waals surface area contributed by atoms with Crippen LogP contribution in [0.4, 0.5) is 4.39 Å². The van der Waals surface area contributed by atoms with E-state index in [4.69, 9.17) is 9.84 Å². The van der Waals surface area contributed by atoms with Gasteiger partial charge in [0.1, 0.15) is 11.6 Å². The average molecular weight is 311 g/mol. The van der Waals surface area contributed by atoms with Gasteiger partial charge in [-0.2, -0.15) is 0 Å². The minimum atomic E-state index is -0.927. The van der Waals surface area contributed by atoms with E-state index in [2.05, 4.69) is 0 Å². The predicted octanol–water partition coefficient (Wildman–Crippen LogP) is 2.59. The first-order valence-corrected chi connectivity index (χ1v) is 7.15. The predicted molar refractivity (Wildman–Crippen MR) is 77.4 cm³/mol. The van der Waals surface area contributed by atoms with Crippen LogP contribution >= 0.6 is 11.3 Å². The summed E-state index contributed by atoms with van der Waals surface area (Å²) in [5.41, 5.74) is 0.624. The van der Waals surface area contributed by atoms with Crippen molar-refractivity contribution in [1.29, 1.82) is 0 Å². The molecule has 5 nitrogen and oxygen atoms in total. The molecule has 0 bridgehead atoms. The van der Waals surface area contributed by atoms with Gasteiger partial charge in [0.15, 0.2) is 0 Å². The number of aromatic nitrogens is 1. The number of ether oxygens (including phenoxy) is 1. The van der Waals surface area contributed by atoms with Gasteiger partial charge in [0.05, 0.1) is 18.4 Å². The lowest BCUT2D eigenvalue weighted by Crippen LogP contribution is -2.15. The van der Waals surface area contributed by atoms with Crippen molar-refractivity contribution in [3.8, 4) is 17.0 Å². The molecule has 112 valence electrons. The normalized spacial score (nSPS) is 10.6. The molecule has 0 unspecified atom stereocenters. The van der Waals surface area contributed by atoms with Crippen molar-refractivity contribution in [1.82, 2.24) is 4.57 Å². The highest BCUT2D eigenvalue weighted by molar-refractivity contribution is 7.07. The molecule has 2 aromatic rings. The summed E-state index contributed by atoms with van der Waals surface area (Å²) in [5.74, 6) is -1.08. The molecule has 0 radical (unpaired) electrons. The summed E-state index contributed by atoms with van der Waals surface area (Å²) >= 11 is 0.950. The third-order valence-electron chi connectivity index (χ3n) is 3.01. The van der Waals surface area contributed by atoms with Crippen molar-refractivity contribution in [2.45, 2.75) is 19.4 Å². The lowest BCUT2D eigenvalue weighted by molar-refractivity contribution is -0.137. The molecular formula is C14H14FNO4S. The van der Waals surface area contributed by atoms with Crippen molar-refractivity contribution >= 4 is 17.3 Å². The number of hydrogen-bond acceptors (Lipinski definition) is 4. The maximum absolute atomic E-state index is 14.1. The number of aliphatic carboxylic acids is 1. The van der Waals surface area contributed by atoms with Crippen LogP contribution < -0.4 is 9.61 Å². The molecule has 2 rings (SSSR count). The van der Waals surface area contributed by atoms with Crippen molar-refractivity contribution in [2.75, 3.05) is 7.11 Å². The second-order valence-electron chi connectivity index (χ2n) is 4.35. The van der Waals surface area contributed by atoms with Gasteiger partial charge in [0, 0.05) is 18.3 Å². The molecule has 0 saturated heterocycles. The lowest BCUT2D eigenvalue weighted by Gasteiger charge is -2.11. The number of rotatable bonds is 6. The van der Waals surface area contributed by atoms with Crippen LogP contribution in [-0.4, -0.2) is 22.8 Å². The number of carboxylic acid groups (broad SMARTS) is 1. The quantitative estimate of drug-likeness (QED) is 0.890. The fraction of sp³-hybridized carbons (Fsp3) is 0.286. The molecule has 7 heteroatoms.